The second kappa shape index (κ2) is 5.92. The molecule has 1 fully saturated rings. The van der Waals surface area contributed by atoms with E-state index in [9.17, 15) is 0 Å². The minimum atomic E-state index is 0.286. The monoisotopic (exact) mass is 269 g/mol. The first-order valence-electron chi connectivity index (χ1n) is 7.38. The van der Waals surface area contributed by atoms with E-state index in [1.54, 1.807) is 0 Å². The zero-order chi connectivity index (χ0) is 13.9. The number of hydrazine groups is 1. The highest BCUT2D eigenvalue weighted by atomic mass is 15.8. The molecule has 3 nitrogen and oxygen atoms in total. The Morgan fingerprint density at radius 1 is 1.30 bits per heavy atom. The highest BCUT2D eigenvalue weighted by Crippen LogP contribution is 2.30. The number of rotatable bonds is 5. The van der Waals surface area contributed by atoms with E-state index >= 15 is 0 Å². The lowest BCUT2D eigenvalue weighted by molar-refractivity contribution is 0.224. The third-order valence-corrected chi connectivity index (χ3v) is 4.01. The van der Waals surface area contributed by atoms with E-state index in [1.807, 2.05) is 7.05 Å². The molecule has 1 saturated heterocycles. The third-order valence-electron chi connectivity index (χ3n) is 4.01. The van der Waals surface area contributed by atoms with Gasteiger partial charge in [0.1, 0.15) is 6.17 Å². The predicted octanol–water partition coefficient (Wildman–Crippen LogP) is 2.92. The van der Waals surface area contributed by atoms with Crippen LogP contribution in [0.15, 0.2) is 54.1 Å². The van der Waals surface area contributed by atoms with Gasteiger partial charge in [0.15, 0.2) is 0 Å². The number of nitrogens with one attached hydrogen (secondary N) is 1. The second-order valence-corrected chi connectivity index (χ2v) is 5.74. The van der Waals surface area contributed by atoms with Crippen LogP contribution in [0.25, 0.3) is 0 Å². The van der Waals surface area contributed by atoms with Crippen LogP contribution in [0.2, 0.25) is 0 Å². The summed E-state index contributed by atoms with van der Waals surface area (Å²) < 4.78 is 0. The lowest BCUT2D eigenvalue weighted by Gasteiger charge is -2.20. The first-order chi connectivity index (χ1) is 9.78. The molecule has 3 heteroatoms. The lowest BCUT2D eigenvalue weighted by atomic mass is 9.96. The second-order valence-electron chi connectivity index (χ2n) is 5.74. The van der Waals surface area contributed by atoms with Crippen LogP contribution in [0, 0.1) is 5.92 Å². The maximum Gasteiger partial charge on any atom is 0.101 e. The smallest absolute Gasteiger partial charge is 0.101 e. The molecule has 1 aromatic carbocycles. The molecule has 1 aliphatic carbocycles. The van der Waals surface area contributed by atoms with Gasteiger partial charge in [-0.15, -0.1) is 0 Å². The van der Waals surface area contributed by atoms with Crippen LogP contribution in [0.5, 0.6) is 0 Å². The topological polar surface area (TPSA) is 18.0 Å². The Balaban J connectivity index is 1.61. The van der Waals surface area contributed by atoms with Gasteiger partial charge in [0.05, 0.1) is 6.67 Å². The SMILES string of the molecule is CNC(c1ccccc1)N1CN1CC1=CC=CC(C)C1. The summed E-state index contributed by atoms with van der Waals surface area (Å²) >= 11 is 0. The molecule has 1 heterocycles. The zero-order valence-corrected chi connectivity index (χ0v) is 12.3. The van der Waals surface area contributed by atoms with Crippen molar-refractivity contribution in [1.29, 1.82) is 0 Å². The van der Waals surface area contributed by atoms with Gasteiger partial charge >= 0.3 is 0 Å². The van der Waals surface area contributed by atoms with E-state index in [1.165, 1.54) is 17.6 Å². The van der Waals surface area contributed by atoms with Gasteiger partial charge in [-0.2, -0.15) is 0 Å². The first-order valence-corrected chi connectivity index (χ1v) is 7.38. The van der Waals surface area contributed by atoms with Crippen molar-refractivity contribution in [1.82, 2.24) is 15.3 Å². The minimum Gasteiger partial charge on any atom is -0.300 e. The summed E-state index contributed by atoms with van der Waals surface area (Å²) in [5.74, 6) is 0.678. The summed E-state index contributed by atoms with van der Waals surface area (Å²) in [7, 11) is 2.03. The predicted molar refractivity (Wildman–Crippen MR) is 82.7 cm³/mol. The molecule has 0 amide bonds. The van der Waals surface area contributed by atoms with Gasteiger partial charge in [-0.3, -0.25) is 5.32 Å². The van der Waals surface area contributed by atoms with Gasteiger partial charge in [0.2, 0.25) is 0 Å². The highest BCUT2D eigenvalue weighted by molar-refractivity contribution is 5.22. The van der Waals surface area contributed by atoms with Crippen LogP contribution in [-0.4, -0.2) is 30.3 Å². The van der Waals surface area contributed by atoms with E-state index in [2.05, 4.69) is 70.8 Å². The summed E-state index contributed by atoms with van der Waals surface area (Å²) in [6, 6.07) is 10.6. The molecule has 106 valence electrons. The summed E-state index contributed by atoms with van der Waals surface area (Å²) in [6.07, 6.45) is 8.23. The summed E-state index contributed by atoms with van der Waals surface area (Å²) in [5, 5.41) is 8.20. The summed E-state index contributed by atoms with van der Waals surface area (Å²) in [5.41, 5.74) is 2.86. The van der Waals surface area contributed by atoms with E-state index in [0.29, 0.717) is 5.92 Å². The molecule has 1 aliphatic heterocycles. The Hall–Kier alpha value is -1.42. The highest BCUT2D eigenvalue weighted by Gasteiger charge is 2.37. The molecule has 4 atom stereocenters. The largest absolute Gasteiger partial charge is 0.300 e. The van der Waals surface area contributed by atoms with Gasteiger partial charge < -0.3 is 0 Å². The van der Waals surface area contributed by atoms with Crippen LogP contribution in [0.1, 0.15) is 25.1 Å². The number of hydrogen-bond donors (Lipinski definition) is 1. The molecular weight excluding hydrogens is 246 g/mol. The summed E-state index contributed by atoms with van der Waals surface area (Å²) in [6.45, 7) is 4.37. The fraction of sp³-hybridized carbons (Fsp3) is 0.412. The quantitative estimate of drug-likeness (QED) is 0.829. The standard InChI is InChI=1S/C17H23N3/c1-14-7-6-8-15(11-14)12-19-13-20(19)17(18-2)16-9-4-3-5-10-16/h3-10,14,17-18H,11-13H2,1-2H3. The molecular formula is C17H23N3. The number of allylic oxidation sites excluding steroid dienone is 3. The molecule has 20 heavy (non-hydrogen) atoms. The molecule has 0 bridgehead atoms. The average molecular weight is 269 g/mol. The fourth-order valence-electron chi connectivity index (χ4n) is 2.93. The van der Waals surface area contributed by atoms with Crippen molar-refractivity contribution in [3.05, 3.63) is 59.7 Å². The van der Waals surface area contributed by atoms with Gasteiger partial charge in [0, 0.05) is 6.54 Å². The Bertz CT molecular complexity index is 506. The van der Waals surface area contributed by atoms with Gasteiger partial charge in [-0.05, 0) is 24.9 Å². The minimum absolute atomic E-state index is 0.286. The Morgan fingerprint density at radius 3 is 2.80 bits per heavy atom. The van der Waals surface area contributed by atoms with Crippen molar-refractivity contribution >= 4 is 0 Å². The van der Waals surface area contributed by atoms with Gasteiger partial charge in [-0.25, -0.2) is 10.0 Å². The van der Waals surface area contributed by atoms with Crippen molar-refractivity contribution < 1.29 is 0 Å². The van der Waals surface area contributed by atoms with Crippen molar-refractivity contribution in [3.63, 3.8) is 0 Å². The molecule has 1 aromatic rings. The van der Waals surface area contributed by atoms with E-state index in [0.717, 1.165) is 13.2 Å². The summed E-state index contributed by atoms with van der Waals surface area (Å²) in [4.78, 5) is 0. The normalized spacial score (nSPS) is 29.9. The molecule has 0 aromatic heterocycles. The van der Waals surface area contributed by atoms with Crippen molar-refractivity contribution in [3.8, 4) is 0 Å². The number of nitrogens with zero attached hydrogens (tertiary/aromatic N) is 2. The van der Waals surface area contributed by atoms with E-state index < -0.39 is 0 Å². The van der Waals surface area contributed by atoms with Crippen LogP contribution in [0.3, 0.4) is 0 Å². The maximum atomic E-state index is 3.41. The first kappa shape index (κ1) is 13.6. The van der Waals surface area contributed by atoms with Crippen LogP contribution in [-0.2, 0) is 0 Å². The Kier molecular flexibility index (Phi) is 4.01. The van der Waals surface area contributed by atoms with Crippen molar-refractivity contribution in [2.45, 2.75) is 19.5 Å². The molecule has 3 rings (SSSR count). The van der Waals surface area contributed by atoms with Crippen LogP contribution in [0.4, 0.5) is 0 Å². The molecule has 0 radical (unpaired) electrons. The molecule has 1 N–H and O–H groups in total. The maximum absolute atomic E-state index is 3.41. The van der Waals surface area contributed by atoms with Crippen LogP contribution < -0.4 is 5.32 Å². The number of hydrogen-bond acceptors (Lipinski definition) is 3. The average Bonchev–Trinajstić information content (AvgIpc) is 3.20. The molecule has 4 unspecified atom stereocenters. The fourth-order valence-corrected chi connectivity index (χ4v) is 2.93. The van der Waals surface area contributed by atoms with Crippen LogP contribution >= 0.6 is 0 Å². The molecule has 0 spiro atoms. The van der Waals surface area contributed by atoms with E-state index in [-0.39, 0.29) is 6.17 Å². The van der Waals surface area contributed by atoms with Crippen molar-refractivity contribution in [2.24, 2.45) is 5.92 Å². The Labute approximate surface area is 121 Å². The van der Waals surface area contributed by atoms with Gasteiger partial charge in [0.25, 0.3) is 0 Å². The zero-order valence-electron chi connectivity index (χ0n) is 12.3. The molecule has 0 saturated carbocycles. The van der Waals surface area contributed by atoms with Gasteiger partial charge in [-0.1, -0.05) is 61.1 Å². The van der Waals surface area contributed by atoms with Crippen molar-refractivity contribution in [2.75, 3.05) is 20.3 Å². The lowest BCUT2D eigenvalue weighted by Crippen LogP contribution is -2.27. The van der Waals surface area contributed by atoms with E-state index in [4.69, 9.17) is 0 Å². The third kappa shape index (κ3) is 3.01. The number of benzene rings is 1. The Morgan fingerprint density at radius 2 is 2.10 bits per heavy atom. The molecule has 2 aliphatic rings.